The molecule has 1 unspecified atom stereocenters. The number of hydrogen-bond acceptors (Lipinski definition) is 4. The van der Waals surface area contributed by atoms with Gasteiger partial charge in [-0.3, -0.25) is 4.79 Å². The van der Waals surface area contributed by atoms with E-state index in [1.54, 1.807) is 12.1 Å². The number of hydrogen-bond donors (Lipinski definition) is 2. The number of benzene rings is 2. The van der Waals surface area contributed by atoms with Crippen LogP contribution in [0.3, 0.4) is 0 Å². The highest BCUT2D eigenvalue weighted by Gasteiger charge is 2.27. The Morgan fingerprint density at radius 2 is 1.86 bits per heavy atom. The van der Waals surface area contributed by atoms with E-state index in [2.05, 4.69) is 14.9 Å². The number of carbonyl (C=O) groups excluding carboxylic acids is 1. The van der Waals surface area contributed by atoms with Crippen molar-refractivity contribution in [1.29, 1.82) is 0 Å². The summed E-state index contributed by atoms with van der Waals surface area (Å²) < 4.78 is 53.6. The summed E-state index contributed by atoms with van der Waals surface area (Å²) >= 11 is 0. The van der Waals surface area contributed by atoms with Crippen molar-refractivity contribution in [2.45, 2.75) is 24.3 Å². The summed E-state index contributed by atoms with van der Waals surface area (Å²) in [5.41, 5.74) is 0.922. The Kier molecular flexibility index (Phi) is 6.49. The third-order valence-corrected chi connectivity index (χ3v) is 6.47. The summed E-state index contributed by atoms with van der Waals surface area (Å²) in [6, 6.07) is 10.2. The van der Waals surface area contributed by atoms with Gasteiger partial charge in [-0.05, 0) is 55.7 Å². The van der Waals surface area contributed by atoms with Gasteiger partial charge in [0, 0.05) is 25.3 Å². The predicted octanol–water partition coefficient (Wildman–Crippen LogP) is 2.27. The topological polar surface area (TPSA) is 78.5 Å². The minimum Gasteiger partial charge on any atom is -0.371 e. The quantitative estimate of drug-likeness (QED) is 0.716. The molecule has 2 aromatic rings. The van der Waals surface area contributed by atoms with Gasteiger partial charge in [0.2, 0.25) is 15.9 Å². The highest BCUT2D eigenvalue weighted by Crippen LogP contribution is 2.23. The monoisotopic (exact) mass is 423 g/mol. The molecular formula is C20H23F2N3O3S. The molecule has 156 valence electrons. The molecule has 1 heterocycles. The van der Waals surface area contributed by atoms with Crippen molar-refractivity contribution in [1.82, 2.24) is 10.0 Å². The Hall–Kier alpha value is -2.52. The van der Waals surface area contributed by atoms with Crippen molar-refractivity contribution >= 4 is 21.6 Å². The zero-order valence-corrected chi connectivity index (χ0v) is 16.8. The van der Waals surface area contributed by atoms with Crippen LogP contribution in [0.2, 0.25) is 0 Å². The molecule has 0 aromatic heterocycles. The van der Waals surface area contributed by atoms with Crippen LogP contribution < -0.4 is 14.9 Å². The Morgan fingerprint density at radius 3 is 2.55 bits per heavy atom. The first-order chi connectivity index (χ1) is 13.8. The average Bonchev–Trinajstić information content (AvgIpc) is 3.15. The van der Waals surface area contributed by atoms with Gasteiger partial charge in [-0.1, -0.05) is 12.1 Å². The second-order valence-electron chi connectivity index (χ2n) is 7.10. The third kappa shape index (κ3) is 5.30. The first-order valence-electron chi connectivity index (χ1n) is 9.31. The van der Waals surface area contributed by atoms with Gasteiger partial charge in [-0.2, -0.15) is 4.72 Å². The lowest BCUT2D eigenvalue weighted by Crippen LogP contribution is -2.46. The molecule has 1 aliphatic heterocycles. The maximum absolute atomic E-state index is 13.7. The van der Waals surface area contributed by atoms with Crippen LogP contribution in [-0.2, 0) is 14.8 Å². The molecule has 0 radical (unpaired) electrons. The van der Waals surface area contributed by atoms with Crippen LogP contribution in [-0.4, -0.2) is 40.0 Å². The van der Waals surface area contributed by atoms with Crippen molar-refractivity contribution in [3.63, 3.8) is 0 Å². The zero-order valence-electron chi connectivity index (χ0n) is 15.9. The Bertz CT molecular complexity index is 967. The third-order valence-electron chi connectivity index (χ3n) is 4.89. The van der Waals surface area contributed by atoms with Gasteiger partial charge in [0.05, 0.1) is 6.04 Å². The van der Waals surface area contributed by atoms with Gasteiger partial charge in [0.15, 0.2) is 0 Å². The van der Waals surface area contributed by atoms with E-state index in [1.807, 2.05) is 0 Å². The zero-order chi connectivity index (χ0) is 21.0. The molecule has 0 aliphatic carbocycles. The highest BCUT2D eigenvalue weighted by molar-refractivity contribution is 7.89. The van der Waals surface area contributed by atoms with Crippen LogP contribution in [0.1, 0.15) is 13.3 Å². The molecule has 0 saturated carbocycles. The van der Waals surface area contributed by atoms with E-state index in [0.717, 1.165) is 30.8 Å². The average molecular weight is 423 g/mol. The Morgan fingerprint density at radius 1 is 1.17 bits per heavy atom. The summed E-state index contributed by atoms with van der Waals surface area (Å²) in [6.07, 6.45) is 0.854. The molecule has 1 saturated heterocycles. The maximum Gasteiger partial charge on any atom is 0.244 e. The molecule has 1 fully saturated rings. The Labute approximate surface area is 169 Å². The number of nitrogens with zero attached hydrogens (tertiary/aromatic N) is 1. The molecule has 6 nitrogen and oxygen atoms in total. The van der Waals surface area contributed by atoms with Gasteiger partial charge in [0.1, 0.15) is 16.5 Å². The normalized spacial score (nSPS) is 17.9. The number of sulfonamides is 1. The molecule has 3 rings (SSSR count). The van der Waals surface area contributed by atoms with Crippen LogP contribution in [0.25, 0.3) is 0 Å². The molecule has 0 spiro atoms. The first-order valence-corrected chi connectivity index (χ1v) is 10.8. The summed E-state index contributed by atoms with van der Waals surface area (Å²) in [4.78, 5) is 13.9. The van der Waals surface area contributed by atoms with Gasteiger partial charge in [-0.15, -0.1) is 0 Å². The number of amides is 1. The van der Waals surface area contributed by atoms with E-state index in [-0.39, 0.29) is 11.7 Å². The second-order valence-corrected chi connectivity index (χ2v) is 8.78. The number of nitrogens with one attached hydrogen (secondary N) is 2. The van der Waals surface area contributed by atoms with E-state index in [0.29, 0.717) is 13.1 Å². The van der Waals surface area contributed by atoms with Gasteiger partial charge in [0.25, 0.3) is 0 Å². The molecule has 2 N–H and O–H groups in total. The van der Waals surface area contributed by atoms with Crippen LogP contribution >= 0.6 is 0 Å². The standard InChI is InChI=1S/C20H23F2N3O3S/c1-14(24-29(27,28)19-5-3-2-4-18(19)22)20(26)23-12-15-10-11-25(13-15)17-8-6-16(21)7-9-17/h2-9,14-15,24H,10-13H2,1H3,(H,23,26)/t14-,15?/m0/s1. The maximum atomic E-state index is 13.7. The van der Waals surface area contributed by atoms with E-state index >= 15 is 0 Å². The summed E-state index contributed by atoms with van der Waals surface area (Å²) in [5.74, 6) is -1.45. The van der Waals surface area contributed by atoms with E-state index < -0.39 is 32.7 Å². The summed E-state index contributed by atoms with van der Waals surface area (Å²) in [5, 5.41) is 2.75. The van der Waals surface area contributed by atoms with E-state index in [1.165, 1.54) is 31.2 Å². The van der Waals surface area contributed by atoms with Crippen molar-refractivity contribution in [2.75, 3.05) is 24.5 Å². The highest BCUT2D eigenvalue weighted by atomic mass is 32.2. The molecular weight excluding hydrogens is 400 g/mol. The fourth-order valence-corrected chi connectivity index (χ4v) is 4.58. The van der Waals surface area contributed by atoms with E-state index in [4.69, 9.17) is 0 Å². The molecule has 0 bridgehead atoms. The van der Waals surface area contributed by atoms with Crippen LogP contribution in [0.5, 0.6) is 0 Å². The molecule has 2 atom stereocenters. The largest absolute Gasteiger partial charge is 0.371 e. The van der Waals surface area contributed by atoms with Crippen LogP contribution in [0, 0.1) is 17.6 Å². The van der Waals surface area contributed by atoms with Gasteiger partial charge >= 0.3 is 0 Å². The first kappa shape index (κ1) is 21.2. The number of anilines is 1. The van der Waals surface area contributed by atoms with Crippen LogP contribution in [0.15, 0.2) is 53.4 Å². The number of rotatable bonds is 7. The smallest absolute Gasteiger partial charge is 0.244 e. The summed E-state index contributed by atoms with van der Waals surface area (Å²) in [7, 11) is -4.15. The van der Waals surface area contributed by atoms with Gasteiger partial charge in [-0.25, -0.2) is 17.2 Å². The Balaban J connectivity index is 1.50. The summed E-state index contributed by atoms with van der Waals surface area (Å²) in [6.45, 7) is 3.30. The SMILES string of the molecule is C[C@H](NS(=O)(=O)c1ccccc1F)C(=O)NCC1CCN(c2ccc(F)cc2)C1. The minimum absolute atomic E-state index is 0.194. The number of halogens is 2. The van der Waals surface area contributed by atoms with Crippen molar-refractivity contribution in [3.8, 4) is 0 Å². The van der Waals surface area contributed by atoms with Crippen molar-refractivity contribution in [3.05, 3.63) is 60.2 Å². The lowest BCUT2D eigenvalue weighted by Gasteiger charge is -2.19. The van der Waals surface area contributed by atoms with Crippen LogP contribution in [0.4, 0.5) is 14.5 Å². The molecule has 9 heteroatoms. The second kappa shape index (κ2) is 8.87. The molecule has 1 aliphatic rings. The number of carbonyl (C=O) groups is 1. The van der Waals surface area contributed by atoms with E-state index in [9.17, 15) is 22.0 Å². The fraction of sp³-hybridized carbons (Fsp3) is 0.350. The van der Waals surface area contributed by atoms with Crippen molar-refractivity contribution in [2.24, 2.45) is 5.92 Å². The molecule has 29 heavy (non-hydrogen) atoms. The molecule has 1 amide bonds. The lowest BCUT2D eigenvalue weighted by atomic mass is 10.1. The fourth-order valence-electron chi connectivity index (χ4n) is 3.30. The lowest BCUT2D eigenvalue weighted by molar-refractivity contribution is -0.122. The van der Waals surface area contributed by atoms with Crippen molar-refractivity contribution < 1.29 is 22.0 Å². The van der Waals surface area contributed by atoms with Gasteiger partial charge < -0.3 is 10.2 Å². The predicted molar refractivity (Wildman–Crippen MR) is 106 cm³/mol. The molecule has 2 aromatic carbocycles. The minimum atomic E-state index is -4.15.